The third kappa shape index (κ3) is 4.38. The molecule has 4 aromatic rings. The van der Waals surface area contributed by atoms with E-state index in [1.54, 1.807) is 19.2 Å². The Hall–Kier alpha value is -4.46. The molecule has 0 unspecified atom stereocenters. The van der Waals surface area contributed by atoms with Crippen molar-refractivity contribution in [2.24, 2.45) is 5.92 Å². The number of likely N-dealkylation sites (tertiary alicyclic amines) is 1. The summed E-state index contributed by atoms with van der Waals surface area (Å²) in [6.07, 6.45) is 3.54. The van der Waals surface area contributed by atoms with Crippen molar-refractivity contribution in [1.29, 1.82) is 0 Å². The summed E-state index contributed by atoms with van der Waals surface area (Å²) in [5.74, 6) is -0.328. The molecular weight excluding hydrogens is 442 g/mol. The van der Waals surface area contributed by atoms with Gasteiger partial charge in [0.15, 0.2) is 0 Å². The van der Waals surface area contributed by atoms with Crippen LogP contribution in [0.25, 0.3) is 0 Å². The number of nitrogens with zero attached hydrogens (tertiary/aromatic N) is 3. The molecule has 8 heteroatoms. The zero-order chi connectivity index (χ0) is 24.4. The van der Waals surface area contributed by atoms with Crippen molar-refractivity contribution in [2.45, 2.75) is 25.4 Å². The Kier molecular flexibility index (Phi) is 6.01. The molecule has 0 saturated carbocycles. The molecule has 0 bridgehead atoms. The minimum atomic E-state index is -0.504. The van der Waals surface area contributed by atoms with Gasteiger partial charge in [0.2, 0.25) is 5.91 Å². The number of β-lactam (4-membered cyclic amide) rings is 1. The Balaban J connectivity index is 1.44. The molecule has 0 aliphatic carbocycles. The lowest BCUT2D eigenvalue weighted by Crippen LogP contribution is -2.61. The third-order valence-electron chi connectivity index (χ3n) is 6.37. The lowest BCUT2D eigenvalue weighted by Gasteiger charge is -2.45. The zero-order valence-electron chi connectivity index (χ0n) is 19.2. The van der Waals surface area contributed by atoms with Crippen molar-refractivity contribution in [2.75, 3.05) is 5.73 Å². The van der Waals surface area contributed by atoms with Gasteiger partial charge in [-0.2, -0.15) is 0 Å². The Morgan fingerprint density at radius 3 is 2.31 bits per heavy atom. The van der Waals surface area contributed by atoms with E-state index < -0.39 is 24.0 Å². The molecule has 35 heavy (non-hydrogen) atoms. The third-order valence-corrected chi connectivity index (χ3v) is 6.37. The molecule has 2 aromatic carbocycles. The smallest absolute Gasteiger partial charge is 0.325 e. The maximum atomic E-state index is 13.6. The number of imide groups is 1. The van der Waals surface area contributed by atoms with Crippen LogP contribution in [0.15, 0.2) is 89.8 Å². The first-order chi connectivity index (χ1) is 17.0. The highest BCUT2D eigenvalue weighted by Crippen LogP contribution is 2.43. The van der Waals surface area contributed by atoms with Crippen LogP contribution in [-0.2, 0) is 11.2 Å². The van der Waals surface area contributed by atoms with Crippen LogP contribution in [0.3, 0.4) is 0 Å². The molecule has 3 N–H and O–H groups in total. The van der Waals surface area contributed by atoms with Crippen LogP contribution < -0.4 is 11.1 Å². The molecule has 1 aliphatic heterocycles. The standard InChI is InChI=1S/C27H25N5O3/c1-17-22(16-35-31-17)25-21(14-18-12-13-29-23(28)15-18)26(33)32(25)27(34)30-24(19-8-4-2-5-9-19)20-10-6-3-7-11-20/h2-13,15-16,21,24-25H,14H2,1H3,(H2,28,29)(H,30,34)/t21-,25+/m1/s1. The molecule has 0 radical (unpaired) electrons. The van der Waals surface area contributed by atoms with E-state index in [-0.39, 0.29) is 5.91 Å². The predicted octanol–water partition coefficient (Wildman–Crippen LogP) is 4.20. The average Bonchev–Trinajstić information content (AvgIpc) is 3.30. The van der Waals surface area contributed by atoms with Crippen molar-refractivity contribution in [3.8, 4) is 0 Å². The topological polar surface area (TPSA) is 114 Å². The number of carbonyl (C=O) groups excluding carboxylic acids is 2. The summed E-state index contributed by atoms with van der Waals surface area (Å²) in [4.78, 5) is 32.2. The van der Waals surface area contributed by atoms with Gasteiger partial charge in [0.05, 0.1) is 23.7 Å². The molecule has 176 valence electrons. The van der Waals surface area contributed by atoms with E-state index in [1.807, 2.05) is 66.7 Å². The first kappa shape index (κ1) is 22.3. The number of carbonyl (C=O) groups is 2. The van der Waals surface area contributed by atoms with Crippen molar-refractivity contribution >= 4 is 17.8 Å². The number of pyridine rings is 1. The lowest BCUT2D eigenvalue weighted by atomic mass is 9.79. The monoisotopic (exact) mass is 467 g/mol. The van der Waals surface area contributed by atoms with Gasteiger partial charge in [0.1, 0.15) is 12.1 Å². The second kappa shape index (κ2) is 9.42. The predicted molar refractivity (Wildman–Crippen MR) is 130 cm³/mol. The first-order valence-corrected chi connectivity index (χ1v) is 11.4. The fraction of sp³-hybridized carbons (Fsp3) is 0.185. The van der Waals surface area contributed by atoms with Crippen LogP contribution in [0.5, 0.6) is 0 Å². The van der Waals surface area contributed by atoms with E-state index in [0.29, 0.717) is 23.5 Å². The van der Waals surface area contributed by atoms with Crippen LogP contribution in [0.1, 0.15) is 40.0 Å². The van der Waals surface area contributed by atoms with E-state index in [1.165, 1.54) is 11.2 Å². The fourth-order valence-electron chi connectivity index (χ4n) is 4.63. The number of nitrogens with two attached hydrogens (primary N) is 1. The van der Waals surface area contributed by atoms with E-state index in [2.05, 4.69) is 15.5 Å². The van der Waals surface area contributed by atoms with Crippen LogP contribution in [0.2, 0.25) is 0 Å². The van der Waals surface area contributed by atoms with Crippen molar-refractivity contribution in [3.05, 3.63) is 113 Å². The van der Waals surface area contributed by atoms with Gasteiger partial charge in [-0.1, -0.05) is 65.8 Å². The number of amides is 3. The number of anilines is 1. The Bertz CT molecular complexity index is 1300. The van der Waals surface area contributed by atoms with Crippen LogP contribution in [0, 0.1) is 12.8 Å². The van der Waals surface area contributed by atoms with Gasteiger partial charge in [-0.05, 0) is 42.2 Å². The number of hydrogen-bond donors (Lipinski definition) is 2. The number of benzene rings is 2. The molecule has 1 saturated heterocycles. The summed E-state index contributed by atoms with van der Waals surface area (Å²) >= 11 is 0. The molecule has 1 fully saturated rings. The Morgan fingerprint density at radius 1 is 1.09 bits per heavy atom. The summed E-state index contributed by atoms with van der Waals surface area (Å²) in [5.41, 5.74) is 9.89. The normalized spacial score (nSPS) is 17.3. The van der Waals surface area contributed by atoms with Gasteiger partial charge >= 0.3 is 6.03 Å². The highest BCUT2D eigenvalue weighted by atomic mass is 16.5. The van der Waals surface area contributed by atoms with Gasteiger partial charge in [0, 0.05) is 11.8 Å². The second-order valence-corrected chi connectivity index (χ2v) is 8.61. The van der Waals surface area contributed by atoms with Crippen LogP contribution >= 0.6 is 0 Å². The average molecular weight is 468 g/mol. The van der Waals surface area contributed by atoms with Crippen LogP contribution in [-0.4, -0.2) is 27.0 Å². The molecule has 8 nitrogen and oxygen atoms in total. The molecule has 3 heterocycles. The first-order valence-electron chi connectivity index (χ1n) is 11.4. The van der Waals surface area contributed by atoms with E-state index in [9.17, 15) is 9.59 Å². The highest BCUT2D eigenvalue weighted by Gasteiger charge is 2.52. The maximum Gasteiger partial charge on any atom is 0.325 e. The number of nitrogen functional groups attached to an aromatic ring is 1. The fourth-order valence-corrected chi connectivity index (χ4v) is 4.63. The largest absolute Gasteiger partial charge is 0.384 e. The SMILES string of the molecule is Cc1nocc1[C@@H]1[C@@H](Cc2ccnc(N)c2)C(=O)N1C(=O)NC(c1ccccc1)c1ccccc1. The highest BCUT2D eigenvalue weighted by molar-refractivity contribution is 6.02. The molecule has 1 aliphatic rings. The van der Waals surface area contributed by atoms with Gasteiger partial charge < -0.3 is 15.6 Å². The maximum absolute atomic E-state index is 13.6. The zero-order valence-corrected chi connectivity index (χ0v) is 19.2. The lowest BCUT2D eigenvalue weighted by molar-refractivity contribution is -0.150. The van der Waals surface area contributed by atoms with E-state index in [4.69, 9.17) is 10.3 Å². The molecular formula is C27H25N5O3. The van der Waals surface area contributed by atoms with E-state index >= 15 is 0 Å². The molecule has 5 rings (SSSR count). The minimum Gasteiger partial charge on any atom is -0.384 e. The molecule has 2 aromatic heterocycles. The summed E-state index contributed by atoms with van der Waals surface area (Å²) in [6, 6.07) is 21.5. The number of urea groups is 1. The van der Waals surface area contributed by atoms with Crippen molar-refractivity contribution in [3.63, 3.8) is 0 Å². The number of aromatic nitrogens is 2. The second-order valence-electron chi connectivity index (χ2n) is 8.61. The number of rotatable bonds is 6. The molecule has 3 amide bonds. The van der Waals surface area contributed by atoms with Crippen molar-refractivity contribution < 1.29 is 14.1 Å². The van der Waals surface area contributed by atoms with Gasteiger partial charge in [-0.3, -0.25) is 9.69 Å². The summed E-state index contributed by atoms with van der Waals surface area (Å²) in [5, 5.41) is 7.05. The van der Waals surface area contributed by atoms with Gasteiger partial charge in [-0.25, -0.2) is 9.78 Å². The Labute approximate surface area is 202 Å². The van der Waals surface area contributed by atoms with Crippen LogP contribution in [0.4, 0.5) is 10.6 Å². The number of nitrogens with one attached hydrogen (secondary N) is 1. The summed E-state index contributed by atoms with van der Waals surface area (Å²) in [7, 11) is 0. The van der Waals surface area contributed by atoms with Gasteiger partial charge in [0.25, 0.3) is 0 Å². The van der Waals surface area contributed by atoms with Gasteiger partial charge in [-0.15, -0.1) is 0 Å². The van der Waals surface area contributed by atoms with Crippen molar-refractivity contribution in [1.82, 2.24) is 20.4 Å². The quantitative estimate of drug-likeness (QED) is 0.411. The summed E-state index contributed by atoms with van der Waals surface area (Å²) in [6.45, 7) is 1.80. The minimum absolute atomic E-state index is 0.261. The number of hydrogen-bond acceptors (Lipinski definition) is 6. The molecule has 2 atom stereocenters. The Morgan fingerprint density at radius 2 is 1.74 bits per heavy atom. The molecule has 0 spiro atoms. The summed E-state index contributed by atoms with van der Waals surface area (Å²) < 4.78 is 5.15. The van der Waals surface area contributed by atoms with E-state index in [0.717, 1.165) is 16.7 Å². The number of aryl methyl sites for hydroxylation is 1.